The third kappa shape index (κ3) is 5.69. The molecule has 28 heavy (non-hydrogen) atoms. The van der Waals surface area contributed by atoms with E-state index in [-0.39, 0.29) is 31.0 Å². The van der Waals surface area contributed by atoms with Gasteiger partial charge < -0.3 is 61.2 Å². The summed E-state index contributed by atoms with van der Waals surface area (Å²) >= 11 is 0. The zero-order valence-corrected chi connectivity index (χ0v) is 17.6. The Morgan fingerprint density at radius 3 is 2.04 bits per heavy atom. The number of rotatable bonds is 7. The summed E-state index contributed by atoms with van der Waals surface area (Å²) < 4.78 is 30.4. The maximum atomic E-state index is 10.8. The first kappa shape index (κ1) is 26.7. The number of ether oxygens (including phenoxy) is 3. The molecule has 0 aromatic rings. The van der Waals surface area contributed by atoms with Gasteiger partial charge >= 0.3 is 37.4 Å². The van der Waals surface area contributed by atoms with Crippen LogP contribution in [0.3, 0.4) is 0 Å². The summed E-state index contributed by atoms with van der Waals surface area (Å²) in [5.41, 5.74) is 0. The molecule has 0 amide bonds. The van der Waals surface area contributed by atoms with Crippen molar-refractivity contribution in [2.75, 3.05) is 19.8 Å². The van der Waals surface area contributed by atoms with Crippen molar-refractivity contribution in [3.63, 3.8) is 0 Å². The molecule has 0 radical (unpaired) electrons. The van der Waals surface area contributed by atoms with Crippen LogP contribution in [-0.4, -0.2) is 120 Å². The molecule has 2 saturated heterocycles. The average Bonchev–Trinajstić information content (AvgIpc) is 2.85. The Morgan fingerprint density at radius 1 is 0.964 bits per heavy atom. The van der Waals surface area contributed by atoms with Crippen LogP contribution in [0.25, 0.3) is 0 Å². The minimum absolute atomic E-state index is 0. The Morgan fingerprint density at radius 2 is 1.57 bits per heavy atom. The first-order valence-electron chi connectivity index (χ1n) is 7.79. The Labute approximate surface area is 182 Å². The van der Waals surface area contributed by atoms with Crippen molar-refractivity contribution in [3.05, 3.63) is 0 Å². The van der Waals surface area contributed by atoms with Crippen molar-refractivity contribution in [1.82, 2.24) is 0 Å². The molecule has 2 heterocycles. The number of phosphoric acid groups is 1. The second-order valence-corrected chi connectivity index (χ2v) is 7.40. The van der Waals surface area contributed by atoms with Gasteiger partial charge in [0, 0.05) is 0 Å². The summed E-state index contributed by atoms with van der Waals surface area (Å²) in [7, 11) is -4.93. The van der Waals surface area contributed by atoms with Gasteiger partial charge in [-0.3, -0.25) is 4.52 Å². The van der Waals surface area contributed by atoms with Gasteiger partial charge in [-0.25, -0.2) is 4.57 Å². The van der Waals surface area contributed by atoms with E-state index in [1.807, 2.05) is 0 Å². The molecule has 9 N–H and O–H groups in total. The minimum Gasteiger partial charge on any atom is -1.00 e. The third-order valence-corrected chi connectivity index (χ3v) is 4.78. The smallest absolute Gasteiger partial charge is 1.00 e. The molecule has 2 rings (SSSR count). The quantitative estimate of drug-likeness (QED) is 0.130. The molecule has 16 heteroatoms. The molecule has 0 aromatic heterocycles. The van der Waals surface area contributed by atoms with Gasteiger partial charge in [-0.05, 0) is 0 Å². The first-order valence-corrected chi connectivity index (χ1v) is 9.32. The van der Waals surface area contributed by atoms with E-state index in [4.69, 9.17) is 29.1 Å². The maximum absolute atomic E-state index is 10.8. The largest absolute Gasteiger partial charge is 1.00 e. The number of aliphatic hydroxyl groups is 7. The fourth-order valence-electron chi connectivity index (χ4n) is 2.79. The molecular formula is C12H24NaO14P. The van der Waals surface area contributed by atoms with Gasteiger partial charge in [0.15, 0.2) is 6.29 Å². The van der Waals surface area contributed by atoms with E-state index >= 15 is 0 Å². The molecule has 2 aliphatic heterocycles. The fourth-order valence-corrected chi connectivity index (χ4v) is 3.13. The van der Waals surface area contributed by atoms with Crippen LogP contribution in [0, 0.1) is 0 Å². The van der Waals surface area contributed by atoms with E-state index in [9.17, 15) is 35.2 Å². The summed E-state index contributed by atoms with van der Waals surface area (Å²) in [6.45, 7) is -2.69. The van der Waals surface area contributed by atoms with E-state index in [1.165, 1.54) is 0 Å². The van der Waals surface area contributed by atoms with Crippen molar-refractivity contribution in [2.24, 2.45) is 0 Å². The molecule has 2 aliphatic rings. The number of phosphoric ester groups is 1. The summed E-state index contributed by atoms with van der Waals surface area (Å²) in [5.74, 6) is -2.35. The van der Waals surface area contributed by atoms with Gasteiger partial charge in [-0.1, -0.05) is 0 Å². The Hall–Kier alpha value is 0.710. The van der Waals surface area contributed by atoms with Crippen LogP contribution in [0.1, 0.15) is 1.43 Å². The van der Waals surface area contributed by atoms with E-state index in [0.29, 0.717) is 0 Å². The fraction of sp³-hybridized carbons (Fsp3) is 1.00. The second-order valence-electron chi connectivity index (χ2n) is 6.16. The predicted octanol–water partition coefficient (Wildman–Crippen LogP) is -8.16. The van der Waals surface area contributed by atoms with E-state index in [0.717, 1.165) is 0 Å². The Kier molecular flexibility index (Phi) is 9.88. The van der Waals surface area contributed by atoms with Crippen molar-refractivity contribution < 1.29 is 99.8 Å². The molecule has 9 atom stereocenters. The van der Waals surface area contributed by atoms with Crippen LogP contribution < -0.4 is 29.6 Å². The van der Waals surface area contributed by atoms with Crippen molar-refractivity contribution >= 4 is 7.82 Å². The second kappa shape index (κ2) is 10.3. The van der Waals surface area contributed by atoms with Crippen LogP contribution >= 0.6 is 7.82 Å². The van der Waals surface area contributed by atoms with Crippen LogP contribution in [0.4, 0.5) is 0 Å². The standard InChI is InChI=1S/C12H23O14P.Na.H/c13-1-4-7(16)10(19)12(3-14,25-4)26-11-9(18)8(17)6(15)5(24-11)2-23-27(20,21)22;;/h4-11,13-19H,1-3H2,(H2,20,21,22);;/q;+1;-1/t4-,5-,6-,7-,8+,9-,10+,11-,12+;;/m1../s1. The molecule has 2 fully saturated rings. The zero-order valence-electron chi connectivity index (χ0n) is 15.8. The summed E-state index contributed by atoms with van der Waals surface area (Å²) in [6.07, 6.45) is -14.0. The maximum Gasteiger partial charge on any atom is 1.00 e. The van der Waals surface area contributed by atoms with Crippen LogP contribution in [0.5, 0.6) is 0 Å². The van der Waals surface area contributed by atoms with E-state index < -0.39 is 82.4 Å². The van der Waals surface area contributed by atoms with Gasteiger partial charge in [-0.2, -0.15) is 0 Å². The number of hydrogen-bond donors (Lipinski definition) is 9. The molecule has 0 saturated carbocycles. The van der Waals surface area contributed by atoms with Gasteiger partial charge in [0.05, 0.1) is 13.2 Å². The SMILES string of the molecule is O=P(O)(O)OC[C@H]1O[C@H](O[C@]2(CO)O[C@H](CO)[C@@H](O)[C@@H]2O)[C@H](O)[C@@H](O)[C@@H]1O.[H-].[Na+]. The number of aliphatic hydroxyl groups excluding tert-OH is 7. The van der Waals surface area contributed by atoms with Crippen LogP contribution in [-0.2, 0) is 23.3 Å². The average molecular weight is 446 g/mol. The molecule has 0 unspecified atom stereocenters. The van der Waals surface area contributed by atoms with Crippen LogP contribution in [0.15, 0.2) is 0 Å². The molecule has 162 valence electrons. The summed E-state index contributed by atoms with van der Waals surface area (Å²) in [4.78, 5) is 17.4. The van der Waals surface area contributed by atoms with Crippen molar-refractivity contribution in [2.45, 2.75) is 54.8 Å². The minimum atomic E-state index is -4.93. The third-order valence-electron chi connectivity index (χ3n) is 4.30. The van der Waals surface area contributed by atoms with Crippen molar-refractivity contribution in [3.8, 4) is 0 Å². The van der Waals surface area contributed by atoms with E-state index in [2.05, 4.69) is 4.52 Å². The zero-order chi connectivity index (χ0) is 20.6. The molecular weight excluding hydrogens is 422 g/mol. The van der Waals surface area contributed by atoms with Crippen molar-refractivity contribution in [1.29, 1.82) is 0 Å². The summed E-state index contributed by atoms with van der Waals surface area (Å²) in [5, 5.41) is 68.3. The van der Waals surface area contributed by atoms with Crippen LogP contribution in [0.2, 0.25) is 0 Å². The molecule has 0 aliphatic carbocycles. The predicted molar refractivity (Wildman–Crippen MR) is 80.7 cm³/mol. The monoisotopic (exact) mass is 446 g/mol. The molecule has 0 aromatic carbocycles. The summed E-state index contributed by atoms with van der Waals surface area (Å²) in [6, 6.07) is 0. The molecule has 0 bridgehead atoms. The topological polar surface area (TPSA) is 236 Å². The van der Waals surface area contributed by atoms with Gasteiger partial charge in [0.2, 0.25) is 5.79 Å². The molecule has 14 nitrogen and oxygen atoms in total. The normalized spacial score (nSPS) is 44.3. The van der Waals surface area contributed by atoms with Gasteiger partial charge in [-0.15, -0.1) is 0 Å². The van der Waals surface area contributed by atoms with Gasteiger partial charge in [0.25, 0.3) is 0 Å². The number of hydrogen-bond acceptors (Lipinski definition) is 12. The molecule has 0 spiro atoms. The Balaban J connectivity index is 0.00000392. The first-order chi connectivity index (χ1) is 12.5. The van der Waals surface area contributed by atoms with Gasteiger partial charge in [0.1, 0.15) is 49.3 Å². The Bertz CT molecular complexity index is 555. The van der Waals surface area contributed by atoms with E-state index in [1.54, 1.807) is 0 Å².